The Kier molecular flexibility index (Phi) is 2.96. The third-order valence-electron chi connectivity index (χ3n) is 2.07. The Hall–Kier alpha value is -0.640. The summed E-state index contributed by atoms with van der Waals surface area (Å²) in [7, 11) is 0. The summed E-state index contributed by atoms with van der Waals surface area (Å²) in [6, 6.07) is 3.81. The van der Waals surface area contributed by atoms with Gasteiger partial charge in [-0.1, -0.05) is 11.6 Å². The first-order chi connectivity index (χ1) is 7.09. The number of aryl methyl sites for hydroxylation is 2. The van der Waals surface area contributed by atoms with Crippen LogP contribution in [0.3, 0.4) is 0 Å². The molecule has 0 unspecified atom stereocenters. The fourth-order valence-electron chi connectivity index (χ4n) is 1.25. The van der Waals surface area contributed by atoms with E-state index in [-0.39, 0.29) is 5.78 Å². The second-order valence-electron chi connectivity index (χ2n) is 3.30. The maximum absolute atomic E-state index is 12.0. The molecular formula is C11H9ClOS2. The van der Waals surface area contributed by atoms with Gasteiger partial charge >= 0.3 is 0 Å². The second-order valence-corrected chi connectivity index (χ2v) is 5.85. The zero-order valence-electron chi connectivity index (χ0n) is 8.33. The highest BCUT2D eigenvalue weighted by Gasteiger charge is 2.17. The number of hydrogen-bond donors (Lipinski definition) is 0. The van der Waals surface area contributed by atoms with Crippen molar-refractivity contribution in [3.8, 4) is 0 Å². The van der Waals surface area contributed by atoms with E-state index in [0.29, 0.717) is 9.90 Å². The van der Waals surface area contributed by atoms with Crippen LogP contribution in [0, 0.1) is 13.8 Å². The standard InChI is InChI=1S/C11H9ClOS2/c1-6-5-14-11(9(6)12)10(13)8-4-3-7(2)15-8/h3-5H,1-2H3. The number of rotatable bonds is 2. The SMILES string of the molecule is Cc1ccc(C(=O)c2scc(C)c2Cl)s1. The molecule has 0 radical (unpaired) electrons. The average molecular weight is 257 g/mol. The van der Waals surface area contributed by atoms with Gasteiger partial charge in [-0.05, 0) is 36.9 Å². The highest BCUT2D eigenvalue weighted by Crippen LogP contribution is 2.30. The average Bonchev–Trinajstić information content (AvgIpc) is 2.75. The van der Waals surface area contributed by atoms with Crippen molar-refractivity contribution in [2.45, 2.75) is 13.8 Å². The minimum atomic E-state index is 0.0381. The van der Waals surface area contributed by atoms with Crippen LogP contribution in [-0.4, -0.2) is 5.78 Å². The molecule has 0 saturated carbocycles. The van der Waals surface area contributed by atoms with Gasteiger partial charge < -0.3 is 0 Å². The first-order valence-corrected chi connectivity index (χ1v) is 6.51. The minimum Gasteiger partial charge on any atom is -0.287 e. The van der Waals surface area contributed by atoms with Gasteiger partial charge in [-0.25, -0.2) is 0 Å². The highest BCUT2D eigenvalue weighted by atomic mass is 35.5. The maximum atomic E-state index is 12.0. The predicted molar refractivity (Wildman–Crippen MR) is 66.6 cm³/mol. The Bertz CT molecular complexity index is 510. The highest BCUT2D eigenvalue weighted by molar-refractivity contribution is 7.17. The van der Waals surface area contributed by atoms with Gasteiger partial charge in [-0.3, -0.25) is 4.79 Å². The zero-order chi connectivity index (χ0) is 11.0. The van der Waals surface area contributed by atoms with Crippen molar-refractivity contribution in [3.63, 3.8) is 0 Å². The molecule has 0 amide bonds. The molecule has 0 aliphatic carbocycles. The molecule has 4 heteroatoms. The van der Waals surface area contributed by atoms with Crippen LogP contribution in [0.2, 0.25) is 5.02 Å². The fraction of sp³-hybridized carbons (Fsp3) is 0.182. The van der Waals surface area contributed by atoms with Crippen molar-refractivity contribution in [1.29, 1.82) is 0 Å². The van der Waals surface area contributed by atoms with Crippen LogP contribution in [0.15, 0.2) is 17.5 Å². The minimum absolute atomic E-state index is 0.0381. The monoisotopic (exact) mass is 256 g/mol. The summed E-state index contributed by atoms with van der Waals surface area (Å²) < 4.78 is 0. The molecular weight excluding hydrogens is 248 g/mol. The number of hydrogen-bond acceptors (Lipinski definition) is 3. The van der Waals surface area contributed by atoms with Crippen molar-refractivity contribution in [2.24, 2.45) is 0 Å². The summed E-state index contributed by atoms with van der Waals surface area (Å²) in [5.74, 6) is 0.0381. The van der Waals surface area contributed by atoms with E-state index in [4.69, 9.17) is 11.6 Å². The summed E-state index contributed by atoms with van der Waals surface area (Å²) in [6.45, 7) is 3.90. The van der Waals surface area contributed by atoms with Crippen LogP contribution in [0.25, 0.3) is 0 Å². The maximum Gasteiger partial charge on any atom is 0.214 e. The van der Waals surface area contributed by atoms with E-state index in [1.165, 1.54) is 22.7 Å². The van der Waals surface area contributed by atoms with Gasteiger partial charge in [0.05, 0.1) is 14.8 Å². The Morgan fingerprint density at radius 2 is 2.07 bits per heavy atom. The summed E-state index contributed by atoms with van der Waals surface area (Å²) in [5, 5.41) is 2.51. The van der Waals surface area contributed by atoms with E-state index in [2.05, 4.69) is 0 Å². The molecule has 0 saturated heterocycles. The first kappa shape index (κ1) is 10.9. The van der Waals surface area contributed by atoms with Gasteiger partial charge in [-0.2, -0.15) is 0 Å². The molecule has 0 aromatic carbocycles. The molecule has 0 bridgehead atoms. The fourth-order valence-corrected chi connectivity index (χ4v) is 3.36. The van der Waals surface area contributed by atoms with Crippen LogP contribution in [-0.2, 0) is 0 Å². The molecule has 2 aromatic heterocycles. The lowest BCUT2D eigenvalue weighted by Gasteiger charge is -1.94. The normalized spacial score (nSPS) is 10.6. The van der Waals surface area contributed by atoms with Gasteiger partial charge in [-0.15, -0.1) is 22.7 Å². The Morgan fingerprint density at radius 3 is 2.53 bits per heavy atom. The third-order valence-corrected chi connectivity index (χ3v) is 4.76. The molecule has 0 fully saturated rings. The zero-order valence-corrected chi connectivity index (χ0v) is 10.7. The van der Waals surface area contributed by atoms with Crippen LogP contribution in [0.4, 0.5) is 0 Å². The molecule has 1 nitrogen and oxygen atoms in total. The molecule has 15 heavy (non-hydrogen) atoms. The van der Waals surface area contributed by atoms with Gasteiger partial charge in [0.2, 0.25) is 5.78 Å². The molecule has 0 aliphatic rings. The summed E-state index contributed by atoms with van der Waals surface area (Å²) in [4.78, 5) is 14.6. The smallest absolute Gasteiger partial charge is 0.214 e. The predicted octanol–water partition coefficient (Wildman–Crippen LogP) is 4.31. The lowest BCUT2D eigenvalue weighted by Crippen LogP contribution is -1.95. The van der Waals surface area contributed by atoms with Gasteiger partial charge in [0.15, 0.2) is 0 Å². The number of ketones is 1. The van der Waals surface area contributed by atoms with E-state index in [1.54, 1.807) is 0 Å². The Morgan fingerprint density at radius 1 is 1.33 bits per heavy atom. The van der Waals surface area contributed by atoms with Crippen LogP contribution < -0.4 is 0 Å². The largest absolute Gasteiger partial charge is 0.287 e. The third kappa shape index (κ3) is 2.00. The summed E-state index contributed by atoms with van der Waals surface area (Å²) in [6.07, 6.45) is 0. The quantitative estimate of drug-likeness (QED) is 0.732. The van der Waals surface area contributed by atoms with E-state index < -0.39 is 0 Å². The van der Waals surface area contributed by atoms with Crippen LogP contribution in [0.5, 0.6) is 0 Å². The number of thiophene rings is 2. The van der Waals surface area contributed by atoms with Crippen molar-refractivity contribution in [3.05, 3.63) is 42.7 Å². The Labute approximate surface area is 101 Å². The van der Waals surface area contributed by atoms with E-state index >= 15 is 0 Å². The van der Waals surface area contributed by atoms with Crippen molar-refractivity contribution < 1.29 is 4.79 Å². The number of carbonyl (C=O) groups excluding carboxylic acids is 1. The van der Waals surface area contributed by atoms with E-state index in [0.717, 1.165) is 15.3 Å². The Balaban J connectivity index is 2.41. The van der Waals surface area contributed by atoms with Crippen molar-refractivity contribution in [1.82, 2.24) is 0 Å². The molecule has 2 rings (SSSR count). The van der Waals surface area contributed by atoms with Crippen molar-refractivity contribution in [2.75, 3.05) is 0 Å². The number of carbonyl (C=O) groups is 1. The molecule has 2 aromatic rings. The molecule has 78 valence electrons. The molecule has 0 atom stereocenters. The van der Waals surface area contributed by atoms with E-state index in [1.807, 2.05) is 31.4 Å². The molecule has 0 aliphatic heterocycles. The van der Waals surface area contributed by atoms with Crippen LogP contribution >= 0.6 is 34.3 Å². The van der Waals surface area contributed by atoms with Crippen molar-refractivity contribution >= 4 is 40.1 Å². The van der Waals surface area contributed by atoms with E-state index in [9.17, 15) is 4.79 Å². The van der Waals surface area contributed by atoms with Gasteiger partial charge in [0, 0.05) is 4.88 Å². The van der Waals surface area contributed by atoms with Gasteiger partial charge in [0.1, 0.15) is 0 Å². The topological polar surface area (TPSA) is 17.1 Å². The molecule has 0 N–H and O–H groups in total. The lowest BCUT2D eigenvalue weighted by molar-refractivity contribution is 0.104. The van der Waals surface area contributed by atoms with Crippen LogP contribution in [0.1, 0.15) is 25.0 Å². The van der Waals surface area contributed by atoms with Gasteiger partial charge in [0.25, 0.3) is 0 Å². The number of halogens is 1. The second kappa shape index (κ2) is 4.08. The lowest BCUT2D eigenvalue weighted by atomic mass is 10.2. The summed E-state index contributed by atoms with van der Waals surface area (Å²) in [5.41, 5.74) is 0.971. The molecule has 2 heterocycles. The summed E-state index contributed by atoms with van der Waals surface area (Å²) >= 11 is 8.98. The molecule has 0 spiro atoms. The first-order valence-electron chi connectivity index (χ1n) is 4.44.